The zero-order valence-corrected chi connectivity index (χ0v) is 14.8. The van der Waals surface area contributed by atoms with Crippen LogP contribution in [0.25, 0.3) is 11.0 Å². The van der Waals surface area contributed by atoms with Crippen LogP contribution in [0.4, 0.5) is 0 Å². The number of carbonyl (C=O) groups excluding carboxylic acids is 1. The molecule has 0 radical (unpaired) electrons. The van der Waals surface area contributed by atoms with Gasteiger partial charge in [0.05, 0.1) is 0 Å². The molecule has 0 saturated heterocycles. The maximum Gasteiger partial charge on any atom is 0.336 e. The molecule has 0 saturated carbocycles. The average Bonchev–Trinajstić information content (AvgIpc) is 2.62. The van der Waals surface area contributed by atoms with Crippen molar-refractivity contribution in [1.82, 2.24) is 5.32 Å². The number of carbonyl (C=O) groups is 1. The van der Waals surface area contributed by atoms with Crippen LogP contribution in [0.1, 0.15) is 18.1 Å². The molecule has 1 N–H and O–H groups in total. The topological polar surface area (TPSA) is 68.5 Å². The molecule has 0 bridgehead atoms. The number of amides is 1. The van der Waals surface area contributed by atoms with Gasteiger partial charge >= 0.3 is 5.63 Å². The van der Waals surface area contributed by atoms with Crippen LogP contribution in [0.5, 0.6) is 5.75 Å². The SMILES string of the molecule is Cc1cc(=O)oc2cc(O[C@H](C)C(=O)NCCc3ccccc3)ccc12. The van der Waals surface area contributed by atoms with Crippen molar-refractivity contribution < 1.29 is 13.9 Å². The van der Waals surface area contributed by atoms with Crippen molar-refractivity contribution in [3.05, 3.63) is 76.1 Å². The normalized spacial score (nSPS) is 11.9. The third-order valence-electron chi connectivity index (χ3n) is 4.16. The van der Waals surface area contributed by atoms with Crippen LogP contribution >= 0.6 is 0 Å². The maximum absolute atomic E-state index is 12.2. The zero-order chi connectivity index (χ0) is 18.5. The summed E-state index contributed by atoms with van der Waals surface area (Å²) in [6.45, 7) is 4.08. The summed E-state index contributed by atoms with van der Waals surface area (Å²) < 4.78 is 10.9. The molecular weight excluding hydrogens is 330 g/mol. The molecule has 1 heterocycles. The van der Waals surface area contributed by atoms with Crippen molar-refractivity contribution in [2.75, 3.05) is 6.54 Å². The first-order chi connectivity index (χ1) is 12.5. The standard InChI is InChI=1S/C21H21NO4/c1-14-12-20(23)26-19-13-17(8-9-18(14)19)25-15(2)21(24)22-11-10-16-6-4-3-5-7-16/h3-9,12-13,15H,10-11H2,1-2H3,(H,22,24)/t15-/m1/s1. The van der Waals surface area contributed by atoms with Gasteiger partial charge in [-0.15, -0.1) is 0 Å². The van der Waals surface area contributed by atoms with Gasteiger partial charge in [0.15, 0.2) is 6.10 Å². The molecule has 1 atom stereocenters. The summed E-state index contributed by atoms with van der Waals surface area (Å²) in [7, 11) is 0. The smallest absolute Gasteiger partial charge is 0.336 e. The van der Waals surface area contributed by atoms with Crippen molar-refractivity contribution >= 4 is 16.9 Å². The quantitative estimate of drug-likeness (QED) is 0.692. The van der Waals surface area contributed by atoms with E-state index in [9.17, 15) is 9.59 Å². The van der Waals surface area contributed by atoms with Crippen LogP contribution in [-0.2, 0) is 11.2 Å². The summed E-state index contributed by atoms with van der Waals surface area (Å²) in [6.07, 6.45) is 0.111. The Kier molecular flexibility index (Phi) is 5.37. The van der Waals surface area contributed by atoms with Crippen LogP contribution in [0.15, 0.2) is 63.8 Å². The van der Waals surface area contributed by atoms with E-state index in [4.69, 9.17) is 9.15 Å². The average molecular weight is 351 g/mol. The Balaban J connectivity index is 1.60. The second-order valence-electron chi connectivity index (χ2n) is 6.19. The molecule has 0 fully saturated rings. The van der Waals surface area contributed by atoms with E-state index in [1.165, 1.54) is 11.6 Å². The molecule has 1 amide bonds. The molecule has 0 unspecified atom stereocenters. The van der Waals surface area contributed by atoms with Gasteiger partial charge in [-0.25, -0.2) is 4.79 Å². The minimum atomic E-state index is -0.653. The Labute approximate surface area is 151 Å². The Morgan fingerprint density at radius 2 is 1.92 bits per heavy atom. The molecule has 0 aliphatic carbocycles. The first-order valence-corrected chi connectivity index (χ1v) is 8.56. The van der Waals surface area contributed by atoms with E-state index in [-0.39, 0.29) is 5.91 Å². The van der Waals surface area contributed by atoms with E-state index in [2.05, 4.69) is 5.32 Å². The fourth-order valence-corrected chi connectivity index (χ4v) is 2.75. The number of aryl methyl sites for hydroxylation is 1. The highest BCUT2D eigenvalue weighted by atomic mass is 16.5. The molecule has 2 aromatic carbocycles. The highest BCUT2D eigenvalue weighted by Crippen LogP contribution is 2.22. The monoisotopic (exact) mass is 351 g/mol. The van der Waals surface area contributed by atoms with E-state index in [0.717, 1.165) is 17.4 Å². The van der Waals surface area contributed by atoms with E-state index in [1.54, 1.807) is 19.1 Å². The molecule has 3 aromatic rings. The first kappa shape index (κ1) is 17.7. The third-order valence-corrected chi connectivity index (χ3v) is 4.16. The van der Waals surface area contributed by atoms with Crippen LogP contribution < -0.4 is 15.7 Å². The summed E-state index contributed by atoms with van der Waals surface area (Å²) in [5.41, 5.74) is 2.05. The second kappa shape index (κ2) is 7.87. The molecule has 5 heteroatoms. The Morgan fingerprint density at radius 3 is 2.69 bits per heavy atom. The number of ether oxygens (including phenoxy) is 1. The zero-order valence-electron chi connectivity index (χ0n) is 14.8. The number of nitrogens with one attached hydrogen (secondary N) is 1. The van der Waals surface area contributed by atoms with Crippen molar-refractivity contribution in [1.29, 1.82) is 0 Å². The van der Waals surface area contributed by atoms with Crippen molar-refractivity contribution in [2.45, 2.75) is 26.4 Å². The van der Waals surface area contributed by atoms with E-state index in [0.29, 0.717) is 17.9 Å². The van der Waals surface area contributed by atoms with Gasteiger partial charge in [0, 0.05) is 24.1 Å². The van der Waals surface area contributed by atoms with Crippen molar-refractivity contribution in [3.63, 3.8) is 0 Å². The second-order valence-corrected chi connectivity index (χ2v) is 6.19. The number of hydrogen-bond donors (Lipinski definition) is 1. The predicted molar refractivity (Wildman–Crippen MR) is 100 cm³/mol. The molecule has 1 aromatic heterocycles. The highest BCUT2D eigenvalue weighted by molar-refractivity contribution is 5.82. The predicted octanol–water partition coefficient (Wildman–Crippen LogP) is 3.23. The highest BCUT2D eigenvalue weighted by Gasteiger charge is 2.15. The van der Waals surface area contributed by atoms with Crippen LogP contribution in [0, 0.1) is 6.92 Å². The van der Waals surface area contributed by atoms with Gasteiger partial charge in [0.25, 0.3) is 5.91 Å². The summed E-state index contributed by atoms with van der Waals surface area (Å²) in [5, 5.41) is 3.71. The summed E-state index contributed by atoms with van der Waals surface area (Å²) in [5.74, 6) is 0.295. The van der Waals surface area contributed by atoms with E-state index < -0.39 is 11.7 Å². The lowest BCUT2D eigenvalue weighted by molar-refractivity contribution is -0.127. The lowest BCUT2D eigenvalue weighted by atomic mass is 10.1. The number of fused-ring (bicyclic) bond motifs is 1. The minimum absolute atomic E-state index is 0.188. The van der Waals surface area contributed by atoms with Crippen LogP contribution in [0.3, 0.4) is 0 Å². The van der Waals surface area contributed by atoms with Gasteiger partial charge in [-0.05, 0) is 43.5 Å². The van der Waals surface area contributed by atoms with Crippen molar-refractivity contribution in [2.24, 2.45) is 0 Å². The van der Waals surface area contributed by atoms with Gasteiger partial charge in [-0.3, -0.25) is 4.79 Å². The molecule has 5 nitrogen and oxygen atoms in total. The van der Waals surface area contributed by atoms with Crippen molar-refractivity contribution in [3.8, 4) is 5.75 Å². The molecule has 0 aliphatic heterocycles. The summed E-state index contributed by atoms with van der Waals surface area (Å²) in [6, 6.07) is 16.6. The van der Waals surface area contributed by atoms with Gasteiger partial charge in [-0.2, -0.15) is 0 Å². The lowest BCUT2D eigenvalue weighted by Crippen LogP contribution is -2.37. The molecule has 134 valence electrons. The van der Waals surface area contributed by atoms with Crippen LogP contribution in [0.2, 0.25) is 0 Å². The first-order valence-electron chi connectivity index (χ1n) is 8.56. The van der Waals surface area contributed by atoms with Gasteiger partial charge in [-0.1, -0.05) is 30.3 Å². The number of rotatable bonds is 6. The van der Waals surface area contributed by atoms with Gasteiger partial charge in [0.1, 0.15) is 11.3 Å². The van der Waals surface area contributed by atoms with Gasteiger partial charge < -0.3 is 14.5 Å². The summed E-state index contributed by atoms with van der Waals surface area (Å²) in [4.78, 5) is 23.7. The van der Waals surface area contributed by atoms with Crippen LogP contribution in [-0.4, -0.2) is 18.6 Å². The molecule has 0 spiro atoms. The van der Waals surface area contributed by atoms with E-state index in [1.807, 2.05) is 43.3 Å². The fourth-order valence-electron chi connectivity index (χ4n) is 2.75. The Hall–Kier alpha value is -3.08. The van der Waals surface area contributed by atoms with Gasteiger partial charge in [0.2, 0.25) is 0 Å². The largest absolute Gasteiger partial charge is 0.481 e. The Bertz CT molecular complexity index is 963. The molecular formula is C21H21NO4. The minimum Gasteiger partial charge on any atom is -0.481 e. The number of benzene rings is 2. The Morgan fingerprint density at radius 1 is 1.15 bits per heavy atom. The third kappa shape index (κ3) is 4.30. The maximum atomic E-state index is 12.2. The molecule has 3 rings (SSSR count). The molecule has 26 heavy (non-hydrogen) atoms. The lowest BCUT2D eigenvalue weighted by Gasteiger charge is -2.15. The summed E-state index contributed by atoms with van der Waals surface area (Å²) >= 11 is 0. The fraction of sp³-hybridized carbons (Fsp3) is 0.238. The molecule has 0 aliphatic rings. The van der Waals surface area contributed by atoms with E-state index >= 15 is 0 Å². The number of hydrogen-bond acceptors (Lipinski definition) is 4.